The smallest absolute Gasteiger partial charge is 0.270 e. The maximum Gasteiger partial charge on any atom is 0.270 e. The summed E-state index contributed by atoms with van der Waals surface area (Å²) in [5.74, 6) is 0.128. The topological polar surface area (TPSA) is 133 Å². The van der Waals surface area contributed by atoms with E-state index in [0.29, 0.717) is 22.4 Å². The molecule has 4 rings (SSSR count). The summed E-state index contributed by atoms with van der Waals surface area (Å²) in [6.07, 6.45) is 4.87. The largest absolute Gasteiger partial charge is 0.390 e. The molecule has 0 bridgehead atoms. The van der Waals surface area contributed by atoms with Crippen LogP contribution in [0, 0.1) is 28.6 Å². The predicted molar refractivity (Wildman–Crippen MR) is 140 cm³/mol. The third kappa shape index (κ3) is 5.29. The summed E-state index contributed by atoms with van der Waals surface area (Å²) in [5.41, 5.74) is 2.45. The fourth-order valence-electron chi connectivity index (χ4n) is 4.77. The molecule has 0 unspecified atom stereocenters. The number of aromatic nitrogens is 4. The molecule has 1 fully saturated rings. The van der Waals surface area contributed by atoms with Crippen LogP contribution in [0.4, 0.5) is 5.69 Å². The second kappa shape index (κ2) is 10.4. The predicted octanol–water partition coefficient (Wildman–Crippen LogP) is 3.68. The molecule has 0 atom stereocenters. The lowest BCUT2D eigenvalue weighted by atomic mass is 9.81. The van der Waals surface area contributed by atoms with E-state index in [0.717, 1.165) is 31.4 Å². The van der Waals surface area contributed by atoms with Crippen molar-refractivity contribution in [2.45, 2.75) is 58.1 Å². The first kappa shape index (κ1) is 25.8. The van der Waals surface area contributed by atoms with Crippen LogP contribution in [0.25, 0.3) is 11.0 Å². The molecule has 0 aliphatic heterocycles. The zero-order valence-electron chi connectivity index (χ0n) is 21.8. The lowest BCUT2D eigenvalue weighted by Gasteiger charge is -2.36. The van der Waals surface area contributed by atoms with Gasteiger partial charge in [-0.05, 0) is 70.7 Å². The van der Waals surface area contributed by atoms with Gasteiger partial charge in [0.1, 0.15) is 45.9 Å². The highest BCUT2D eigenvalue weighted by atomic mass is 16.6. The Balaban J connectivity index is 1.66. The van der Waals surface area contributed by atoms with Gasteiger partial charge in [0.15, 0.2) is 0 Å². The molecule has 0 saturated heterocycles. The first-order chi connectivity index (χ1) is 17.6. The SMILES string of the molecule is CN(c1c(C#N)c(=O)n(C)c2ccc(C#N)nc12)C1CCC(/C(=N/OC(C)(C)C)c2cccnn2)CC1. The average molecular weight is 499 g/mol. The highest BCUT2D eigenvalue weighted by Gasteiger charge is 2.32. The Labute approximate surface area is 215 Å². The maximum absolute atomic E-state index is 13.0. The van der Waals surface area contributed by atoms with Crippen LogP contribution in [0.2, 0.25) is 0 Å². The van der Waals surface area contributed by atoms with E-state index in [9.17, 15) is 15.3 Å². The van der Waals surface area contributed by atoms with Crippen molar-refractivity contribution in [1.29, 1.82) is 10.5 Å². The van der Waals surface area contributed by atoms with Crippen molar-refractivity contribution < 1.29 is 4.84 Å². The van der Waals surface area contributed by atoms with Gasteiger partial charge in [0.2, 0.25) is 0 Å². The van der Waals surface area contributed by atoms with Crippen LogP contribution in [-0.4, -0.2) is 44.2 Å². The van der Waals surface area contributed by atoms with E-state index in [-0.39, 0.29) is 28.8 Å². The summed E-state index contributed by atoms with van der Waals surface area (Å²) in [6.45, 7) is 5.84. The van der Waals surface area contributed by atoms with E-state index in [1.807, 2.05) is 44.9 Å². The number of aryl methyl sites for hydroxylation is 1. The first-order valence-electron chi connectivity index (χ1n) is 12.3. The first-order valence-corrected chi connectivity index (χ1v) is 12.3. The molecule has 0 spiro atoms. The number of pyridine rings is 2. The molecule has 0 aromatic carbocycles. The van der Waals surface area contributed by atoms with Gasteiger partial charge in [-0.25, -0.2) is 4.98 Å². The van der Waals surface area contributed by atoms with E-state index in [2.05, 4.69) is 32.5 Å². The summed E-state index contributed by atoms with van der Waals surface area (Å²) in [7, 11) is 3.50. The summed E-state index contributed by atoms with van der Waals surface area (Å²) in [5, 5.41) is 32.1. The van der Waals surface area contributed by atoms with Gasteiger partial charge >= 0.3 is 0 Å². The number of nitrogens with zero attached hydrogens (tertiary/aromatic N) is 8. The molecule has 1 aliphatic rings. The van der Waals surface area contributed by atoms with Gasteiger partial charge in [0.05, 0.1) is 11.2 Å². The maximum atomic E-state index is 13.0. The molecule has 0 radical (unpaired) electrons. The Kier molecular flexibility index (Phi) is 7.21. The van der Waals surface area contributed by atoms with E-state index < -0.39 is 5.60 Å². The summed E-state index contributed by atoms with van der Waals surface area (Å²) in [6, 6.07) is 11.2. The van der Waals surface area contributed by atoms with Crippen molar-refractivity contribution in [2.75, 3.05) is 11.9 Å². The second-order valence-electron chi connectivity index (χ2n) is 10.3. The van der Waals surface area contributed by atoms with Crippen molar-refractivity contribution in [3.05, 3.63) is 57.8 Å². The average Bonchev–Trinajstić information content (AvgIpc) is 2.90. The molecule has 10 nitrogen and oxygen atoms in total. The number of rotatable bonds is 5. The van der Waals surface area contributed by atoms with Crippen LogP contribution in [-0.2, 0) is 11.9 Å². The lowest BCUT2D eigenvalue weighted by molar-refractivity contribution is -0.0000810. The number of nitriles is 2. The third-order valence-electron chi connectivity index (χ3n) is 6.68. The highest BCUT2D eigenvalue weighted by Crippen LogP contribution is 2.35. The molecule has 3 aromatic heterocycles. The van der Waals surface area contributed by atoms with Crippen molar-refractivity contribution >= 4 is 22.4 Å². The van der Waals surface area contributed by atoms with Crippen LogP contribution in [0.1, 0.15) is 63.4 Å². The molecule has 0 N–H and O–H groups in total. The summed E-state index contributed by atoms with van der Waals surface area (Å²) < 4.78 is 1.41. The standard InChI is InChI=1S/C27H30N8O2/c1-27(2,3)37-33-23(21-7-6-14-30-32-21)17-8-11-19(12-9-17)34(4)25-20(16-29)26(36)35(5)22-13-10-18(15-28)31-24(22)25/h6-7,10,13-14,17,19H,8-9,11-12H2,1-5H3/b33-23-. The minimum Gasteiger partial charge on any atom is -0.390 e. The Hall–Kier alpha value is -4.31. The Morgan fingerprint density at radius 3 is 2.49 bits per heavy atom. The van der Waals surface area contributed by atoms with Gasteiger partial charge in [-0.2, -0.15) is 15.6 Å². The second-order valence-corrected chi connectivity index (χ2v) is 10.3. The lowest BCUT2D eigenvalue weighted by Crippen LogP contribution is -2.39. The van der Waals surface area contributed by atoms with Crippen LogP contribution >= 0.6 is 0 Å². The molecule has 190 valence electrons. The van der Waals surface area contributed by atoms with Crippen LogP contribution in [0.15, 0.2) is 40.4 Å². The van der Waals surface area contributed by atoms with E-state index in [1.165, 1.54) is 4.57 Å². The quantitative estimate of drug-likeness (QED) is 0.384. The zero-order valence-corrected chi connectivity index (χ0v) is 21.8. The molecule has 37 heavy (non-hydrogen) atoms. The summed E-state index contributed by atoms with van der Waals surface area (Å²) in [4.78, 5) is 25.2. The molecule has 3 heterocycles. The molecule has 1 saturated carbocycles. The van der Waals surface area contributed by atoms with Crippen LogP contribution in [0.3, 0.4) is 0 Å². The molecule has 0 amide bonds. The Morgan fingerprint density at radius 2 is 1.89 bits per heavy atom. The normalized spacial score (nSPS) is 18.2. The van der Waals surface area contributed by atoms with Gasteiger partial charge < -0.3 is 14.3 Å². The molecule has 1 aliphatic carbocycles. The van der Waals surface area contributed by atoms with Gasteiger partial charge in [-0.15, -0.1) is 5.10 Å². The molecule has 10 heteroatoms. The highest BCUT2D eigenvalue weighted by molar-refractivity contribution is 6.00. The van der Waals surface area contributed by atoms with Crippen molar-refractivity contribution in [2.24, 2.45) is 18.1 Å². The van der Waals surface area contributed by atoms with Crippen molar-refractivity contribution in [1.82, 2.24) is 19.7 Å². The van der Waals surface area contributed by atoms with Crippen molar-refractivity contribution in [3.63, 3.8) is 0 Å². The van der Waals surface area contributed by atoms with Gasteiger partial charge in [0, 0.05) is 32.3 Å². The van der Waals surface area contributed by atoms with E-state index in [1.54, 1.807) is 25.4 Å². The van der Waals surface area contributed by atoms with E-state index in [4.69, 9.17) is 4.84 Å². The molecule has 3 aromatic rings. The van der Waals surface area contributed by atoms with Gasteiger partial charge in [-0.1, -0.05) is 5.16 Å². The summed E-state index contributed by atoms with van der Waals surface area (Å²) >= 11 is 0. The number of hydrogen-bond acceptors (Lipinski definition) is 9. The number of oxime groups is 1. The number of hydrogen-bond donors (Lipinski definition) is 0. The van der Waals surface area contributed by atoms with Gasteiger partial charge in [-0.3, -0.25) is 4.79 Å². The Morgan fingerprint density at radius 1 is 1.16 bits per heavy atom. The zero-order chi connectivity index (χ0) is 26.7. The Bertz CT molecular complexity index is 1470. The fraction of sp³-hybridized carbons (Fsp3) is 0.444. The molecular formula is C27H30N8O2. The van der Waals surface area contributed by atoms with Crippen LogP contribution in [0.5, 0.6) is 0 Å². The van der Waals surface area contributed by atoms with Crippen molar-refractivity contribution in [3.8, 4) is 12.1 Å². The van der Waals surface area contributed by atoms with E-state index >= 15 is 0 Å². The van der Waals surface area contributed by atoms with Crippen LogP contribution < -0.4 is 10.5 Å². The van der Waals surface area contributed by atoms with Gasteiger partial charge in [0.25, 0.3) is 5.56 Å². The minimum atomic E-state index is -0.436. The third-order valence-corrected chi connectivity index (χ3v) is 6.68. The monoisotopic (exact) mass is 498 g/mol. The number of fused-ring (bicyclic) bond motifs is 1. The molecular weight excluding hydrogens is 468 g/mol. The number of anilines is 1. The fourth-order valence-corrected chi connectivity index (χ4v) is 4.77. The minimum absolute atomic E-state index is 0.0302.